The zero-order chi connectivity index (χ0) is 20.4. The van der Waals surface area contributed by atoms with E-state index in [0.29, 0.717) is 43.8 Å². The second kappa shape index (κ2) is 7.94. The van der Waals surface area contributed by atoms with Crippen molar-refractivity contribution in [3.05, 3.63) is 47.7 Å². The molecule has 3 rings (SSSR count). The van der Waals surface area contributed by atoms with Crippen LogP contribution in [0, 0.1) is 0 Å². The molecule has 0 radical (unpaired) electrons. The molecule has 0 aliphatic carbocycles. The van der Waals surface area contributed by atoms with E-state index in [1.807, 2.05) is 4.90 Å². The number of morpholine rings is 1. The second-order valence-corrected chi connectivity index (χ2v) is 7.75. The maximum Gasteiger partial charge on any atom is 0.418 e. The molecule has 0 bridgehead atoms. The Morgan fingerprint density at radius 3 is 2.57 bits per heavy atom. The highest BCUT2D eigenvalue weighted by molar-refractivity contribution is 7.89. The minimum Gasteiger partial charge on any atom is -0.380 e. The molecule has 0 unspecified atom stereocenters. The number of sulfonamides is 1. The number of rotatable bonds is 5. The molecular weight excluding hydrogens is 397 g/mol. The van der Waals surface area contributed by atoms with E-state index in [-0.39, 0.29) is 12.2 Å². The van der Waals surface area contributed by atoms with Crippen molar-refractivity contribution in [3.63, 3.8) is 0 Å². The van der Waals surface area contributed by atoms with Gasteiger partial charge in [0.05, 0.1) is 23.7 Å². The standard InChI is InChI=1S/C17H19F3N4O3S/c18-17(19,20)14-10-13(28(21,25)26)3-4-15(14)23-11-12-2-1-5-22-16(12)24-6-8-27-9-7-24/h1-5,10,23H,6-9,11H2,(H2,21,25,26). The molecule has 28 heavy (non-hydrogen) atoms. The van der Waals surface area contributed by atoms with Crippen molar-refractivity contribution in [1.82, 2.24) is 4.98 Å². The number of ether oxygens (including phenoxy) is 1. The zero-order valence-corrected chi connectivity index (χ0v) is 15.6. The lowest BCUT2D eigenvalue weighted by Gasteiger charge is -2.29. The summed E-state index contributed by atoms with van der Waals surface area (Å²) in [5.74, 6) is 0.674. The highest BCUT2D eigenvalue weighted by atomic mass is 32.2. The minimum absolute atomic E-state index is 0.0817. The molecule has 1 fully saturated rings. The lowest BCUT2D eigenvalue weighted by Crippen LogP contribution is -2.37. The Hall–Kier alpha value is -2.37. The summed E-state index contributed by atoms with van der Waals surface area (Å²) in [7, 11) is -4.25. The highest BCUT2D eigenvalue weighted by Gasteiger charge is 2.34. The topological polar surface area (TPSA) is 97.5 Å². The highest BCUT2D eigenvalue weighted by Crippen LogP contribution is 2.36. The van der Waals surface area contributed by atoms with Gasteiger partial charge in [0, 0.05) is 37.1 Å². The van der Waals surface area contributed by atoms with Gasteiger partial charge < -0.3 is 15.0 Å². The summed E-state index contributed by atoms with van der Waals surface area (Å²) < 4.78 is 68.3. The number of pyridine rings is 1. The first kappa shape index (κ1) is 20.4. The van der Waals surface area contributed by atoms with E-state index in [2.05, 4.69) is 10.3 Å². The van der Waals surface area contributed by atoms with Crippen molar-refractivity contribution in [2.75, 3.05) is 36.5 Å². The third-order valence-electron chi connectivity index (χ3n) is 4.27. The fourth-order valence-electron chi connectivity index (χ4n) is 2.91. The number of aromatic nitrogens is 1. The third kappa shape index (κ3) is 4.72. The average molecular weight is 416 g/mol. The van der Waals surface area contributed by atoms with Crippen molar-refractivity contribution in [3.8, 4) is 0 Å². The summed E-state index contributed by atoms with van der Waals surface area (Å²) in [5.41, 5.74) is -0.624. The van der Waals surface area contributed by atoms with E-state index in [1.54, 1.807) is 18.3 Å². The fourth-order valence-corrected chi connectivity index (χ4v) is 3.45. The number of hydrogen-bond acceptors (Lipinski definition) is 6. The van der Waals surface area contributed by atoms with Gasteiger partial charge in [0.2, 0.25) is 10.0 Å². The maximum absolute atomic E-state index is 13.4. The average Bonchev–Trinajstić information content (AvgIpc) is 2.65. The van der Waals surface area contributed by atoms with Gasteiger partial charge in [-0.15, -0.1) is 0 Å². The number of primary sulfonamides is 1. The monoisotopic (exact) mass is 416 g/mol. The third-order valence-corrected chi connectivity index (χ3v) is 5.18. The van der Waals surface area contributed by atoms with Crippen LogP contribution in [0.4, 0.5) is 24.7 Å². The Kier molecular flexibility index (Phi) is 5.77. The van der Waals surface area contributed by atoms with Gasteiger partial charge in [0.25, 0.3) is 0 Å². The van der Waals surface area contributed by atoms with Gasteiger partial charge in [0.15, 0.2) is 0 Å². The van der Waals surface area contributed by atoms with Crippen LogP contribution < -0.4 is 15.4 Å². The Morgan fingerprint density at radius 2 is 1.93 bits per heavy atom. The van der Waals surface area contributed by atoms with Crippen LogP contribution in [0.3, 0.4) is 0 Å². The number of benzene rings is 1. The lowest BCUT2D eigenvalue weighted by atomic mass is 10.1. The number of anilines is 2. The minimum atomic E-state index is -4.75. The molecule has 2 heterocycles. The molecule has 152 valence electrons. The Morgan fingerprint density at radius 1 is 1.21 bits per heavy atom. The van der Waals surface area contributed by atoms with Crippen LogP contribution in [-0.4, -0.2) is 39.7 Å². The maximum atomic E-state index is 13.4. The van der Waals surface area contributed by atoms with Crippen molar-refractivity contribution >= 4 is 21.5 Å². The van der Waals surface area contributed by atoms with E-state index in [1.165, 1.54) is 0 Å². The summed E-state index contributed by atoms with van der Waals surface area (Å²) in [5, 5.41) is 7.69. The molecule has 1 aromatic carbocycles. The number of nitrogens with one attached hydrogen (secondary N) is 1. The largest absolute Gasteiger partial charge is 0.418 e. The number of halogens is 3. The summed E-state index contributed by atoms with van der Waals surface area (Å²) >= 11 is 0. The second-order valence-electron chi connectivity index (χ2n) is 6.19. The summed E-state index contributed by atoms with van der Waals surface area (Å²) in [6, 6.07) is 6.11. The molecule has 0 saturated carbocycles. The molecule has 0 spiro atoms. The first-order chi connectivity index (χ1) is 13.2. The van der Waals surface area contributed by atoms with Gasteiger partial charge in [-0.3, -0.25) is 0 Å². The number of nitrogens with two attached hydrogens (primary N) is 1. The van der Waals surface area contributed by atoms with Crippen LogP contribution >= 0.6 is 0 Å². The molecule has 3 N–H and O–H groups in total. The molecule has 0 atom stereocenters. The predicted molar refractivity (Wildman–Crippen MR) is 97.4 cm³/mol. The van der Waals surface area contributed by atoms with Crippen molar-refractivity contribution < 1.29 is 26.3 Å². The van der Waals surface area contributed by atoms with Gasteiger partial charge in [-0.25, -0.2) is 18.5 Å². The van der Waals surface area contributed by atoms with Crippen LogP contribution in [0.2, 0.25) is 0 Å². The quantitative estimate of drug-likeness (QED) is 0.776. The molecule has 1 aliphatic rings. The van der Waals surface area contributed by atoms with Gasteiger partial charge in [-0.2, -0.15) is 13.2 Å². The van der Waals surface area contributed by atoms with Crippen LogP contribution in [0.15, 0.2) is 41.4 Å². The lowest BCUT2D eigenvalue weighted by molar-refractivity contribution is -0.137. The number of hydrogen-bond donors (Lipinski definition) is 2. The van der Waals surface area contributed by atoms with Gasteiger partial charge in [-0.05, 0) is 24.3 Å². The number of alkyl halides is 3. The normalized spacial score (nSPS) is 15.5. The predicted octanol–water partition coefficient (Wildman–Crippen LogP) is 2.20. The van der Waals surface area contributed by atoms with E-state index >= 15 is 0 Å². The summed E-state index contributed by atoms with van der Waals surface area (Å²) in [6.45, 7) is 2.47. The molecule has 1 saturated heterocycles. The zero-order valence-electron chi connectivity index (χ0n) is 14.7. The van der Waals surface area contributed by atoms with E-state index in [4.69, 9.17) is 9.88 Å². The van der Waals surface area contributed by atoms with Gasteiger partial charge in [0.1, 0.15) is 5.82 Å². The first-order valence-electron chi connectivity index (χ1n) is 8.41. The fraction of sp³-hybridized carbons (Fsp3) is 0.353. The molecule has 1 aromatic heterocycles. The molecule has 0 amide bonds. The molecule has 1 aliphatic heterocycles. The van der Waals surface area contributed by atoms with Crippen LogP contribution in [0.1, 0.15) is 11.1 Å². The van der Waals surface area contributed by atoms with Gasteiger partial charge in [-0.1, -0.05) is 6.07 Å². The molecule has 2 aromatic rings. The van der Waals surface area contributed by atoms with Crippen molar-refractivity contribution in [2.45, 2.75) is 17.6 Å². The summed E-state index contributed by atoms with van der Waals surface area (Å²) in [6.07, 6.45) is -3.12. The summed E-state index contributed by atoms with van der Waals surface area (Å²) in [4.78, 5) is 5.76. The molecule has 11 heteroatoms. The Balaban J connectivity index is 1.87. The molecule has 7 nitrogen and oxygen atoms in total. The van der Waals surface area contributed by atoms with E-state index in [0.717, 1.165) is 12.1 Å². The van der Waals surface area contributed by atoms with Crippen molar-refractivity contribution in [1.29, 1.82) is 0 Å². The van der Waals surface area contributed by atoms with Crippen LogP contribution in [0.25, 0.3) is 0 Å². The first-order valence-corrected chi connectivity index (χ1v) is 9.95. The SMILES string of the molecule is NS(=O)(=O)c1ccc(NCc2cccnc2N2CCOCC2)c(C(F)(F)F)c1. The molecular formula is C17H19F3N4O3S. The smallest absolute Gasteiger partial charge is 0.380 e. The van der Waals surface area contributed by atoms with Gasteiger partial charge >= 0.3 is 6.18 Å². The Labute approximate surface area is 160 Å². The van der Waals surface area contributed by atoms with Crippen LogP contribution in [0.5, 0.6) is 0 Å². The Bertz CT molecular complexity index is 945. The number of nitrogens with zero attached hydrogens (tertiary/aromatic N) is 2. The van der Waals surface area contributed by atoms with Crippen molar-refractivity contribution in [2.24, 2.45) is 5.14 Å². The van der Waals surface area contributed by atoms with E-state index < -0.39 is 26.7 Å². The van der Waals surface area contributed by atoms with Crippen LogP contribution in [-0.2, 0) is 27.5 Å². The van der Waals surface area contributed by atoms with E-state index in [9.17, 15) is 21.6 Å².